The summed E-state index contributed by atoms with van der Waals surface area (Å²) in [5.41, 5.74) is -0.492. The molecule has 0 aromatic carbocycles. The molecule has 0 aromatic rings. The third-order valence-corrected chi connectivity index (χ3v) is 2.85. The Bertz CT molecular complexity index is 135. The van der Waals surface area contributed by atoms with E-state index >= 15 is 0 Å². The Morgan fingerprint density at radius 1 is 1.29 bits per heavy atom. The highest BCUT2D eigenvalue weighted by atomic mass is 16.3. The Balaban J connectivity index is 3.73. The Hall–Kier alpha value is -0.120. The zero-order chi connectivity index (χ0) is 11.0. The predicted molar refractivity (Wildman–Crippen MR) is 61.6 cm³/mol. The minimum atomic E-state index is -0.492. The van der Waals surface area contributed by atoms with Crippen LogP contribution in [0.15, 0.2) is 0 Å². The molecule has 0 spiro atoms. The van der Waals surface area contributed by atoms with Gasteiger partial charge in [0, 0.05) is 6.54 Å². The Morgan fingerprint density at radius 2 is 1.86 bits per heavy atom. The summed E-state index contributed by atoms with van der Waals surface area (Å²) in [6.45, 7) is 6.96. The molecule has 0 heterocycles. The van der Waals surface area contributed by atoms with E-state index in [1.165, 1.54) is 0 Å². The highest BCUT2D eigenvalue weighted by molar-refractivity contribution is 4.78. The largest absolute Gasteiger partial charge is 0.389 e. The zero-order valence-electron chi connectivity index (χ0n) is 10.1. The molecule has 0 radical (unpaired) electrons. The van der Waals surface area contributed by atoms with E-state index in [0.29, 0.717) is 0 Å². The van der Waals surface area contributed by atoms with Gasteiger partial charge >= 0.3 is 0 Å². The molecular formula is C11H26N2O. The second-order valence-electron chi connectivity index (χ2n) is 4.13. The van der Waals surface area contributed by atoms with Crippen molar-refractivity contribution >= 4 is 0 Å². The van der Waals surface area contributed by atoms with Crippen LogP contribution in [0, 0.1) is 0 Å². The van der Waals surface area contributed by atoms with Crippen molar-refractivity contribution in [2.45, 2.75) is 38.7 Å². The smallest absolute Gasteiger partial charge is 0.0768 e. The fourth-order valence-electron chi connectivity index (χ4n) is 1.58. The minimum absolute atomic E-state index is 0.492. The van der Waals surface area contributed by atoms with Crippen LogP contribution >= 0.6 is 0 Å². The number of rotatable bonds is 8. The lowest BCUT2D eigenvalue weighted by Crippen LogP contribution is -2.41. The van der Waals surface area contributed by atoms with E-state index in [1.807, 2.05) is 20.9 Å². The van der Waals surface area contributed by atoms with Crippen LogP contribution in [0.2, 0.25) is 0 Å². The third-order valence-electron chi connectivity index (χ3n) is 2.85. The quantitative estimate of drug-likeness (QED) is 0.578. The van der Waals surface area contributed by atoms with Gasteiger partial charge in [-0.2, -0.15) is 0 Å². The monoisotopic (exact) mass is 202 g/mol. The lowest BCUT2D eigenvalue weighted by atomic mass is 9.97. The van der Waals surface area contributed by atoms with Crippen LogP contribution in [-0.2, 0) is 0 Å². The van der Waals surface area contributed by atoms with Crippen LogP contribution < -0.4 is 5.32 Å². The van der Waals surface area contributed by atoms with Crippen LogP contribution in [0.25, 0.3) is 0 Å². The van der Waals surface area contributed by atoms with E-state index in [2.05, 4.69) is 17.3 Å². The molecule has 0 aliphatic rings. The minimum Gasteiger partial charge on any atom is -0.389 e. The molecule has 86 valence electrons. The normalized spacial score (nSPS) is 12.4. The fourth-order valence-corrected chi connectivity index (χ4v) is 1.58. The molecule has 0 unspecified atom stereocenters. The molecule has 0 aromatic heterocycles. The zero-order valence-corrected chi connectivity index (χ0v) is 10.1. The lowest BCUT2D eigenvalue weighted by molar-refractivity contribution is 0.00296. The maximum absolute atomic E-state index is 10.1. The van der Waals surface area contributed by atoms with Gasteiger partial charge in [0.1, 0.15) is 0 Å². The van der Waals surface area contributed by atoms with E-state index in [0.717, 1.165) is 38.9 Å². The van der Waals surface area contributed by atoms with E-state index in [4.69, 9.17) is 0 Å². The van der Waals surface area contributed by atoms with E-state index in [9.17, 15) is 5.11 Å². The van der Waals surface area contributed by atoms with Gasteiger partial charge < -0.3 is 15.3 Å². The summed E-state index contributed by atoms with van der Waals surface area (Å²) in [7, 11) is 4.04. The molecule has 3 heteroatoms. The molecule has 0 amide bonds. The summed E-state index contributed by atoms with van der Waals surface area (Å²) in [4.78, 5) is 2.21. The number of hydrogen-bond acceptors (Lipinski definition) is 3. The van der Waals surface area contributed by atoms with Crippen molar-refractivity contribution in [1.82, 2.24) is 10.2 Å². The first-order valence-corrected chi connectivity index (χ1v) is 5.63. The number of nitrogens with zero attached hydrogens (tertiary/aromatic N) is 1. The van der Waals surface area contributed by atoms with Crippen molar-refractivity contribution in [3.05, 3.63) is 0 Å². The summed E-state index contributed by atoms with van der Waals surface area (Å²) >= 11 is 0. The number of hydrogen-bond donors (Lipinski definition) is 2. The maximum Gasteiger partial charge on any atom is 0.0768 e. The molecule has 0 aliphatic carbocycles. The second kappa shape index (κ2) is 7.21. The molecule has 0 aliphatic heterocycles. The van der Waals surface area contributed by atoms with Crippen molar-refractivity contribution in [2.75, 3.05) is 33.7 Å². The molecule has 0 saturated carbocycles. The van der Waals surface area contributed by atoms with Gasteiger partial charge in [-0.25, -0.2) is 0 Å². The topological polar surface area (TPSA) is 35.5 Å². The maximum atomic E-state index is 10.1. The van der Waals surface area contributed by atoms with Gasteiger partial charge in [0.25, 0.3) is 0 Å². The van der Waals surface area contributed by atoms with Crippen molar-refractivity contribution in [2.24, 2.45) is 0 Å². The molecule has 3 nitrogen and oxygen atoms in total. The van der Waals surface area contributed by atoms with Crippen molar-refractivity contribution in [3.63, 3.8) is 0 Å². The SMILES string of the molecule is CCC(O)(CC)CN(C)CCCNC. The molecule has 0 bridgehead atoms. The molecule has 14 heavy (non-hydrogen) atoms. The summed E-state index contributed by atoms with van der Waals surface area (Å²) in [6, 6.07) is 0. The summed E-state index contributed by atoms with van der Waals surface area (Å²) in [5.74, 6) is 0. The Labute approximate surface area is 88.5 Å². The highest BCUT2D eigenvalue weighted by Gasteiger charge is 2.23. The van der Waals surface area contributed by atoms with Gasteiger partial charge in [-0.1, -0.05) is 13.8 Å². The first kappa shape index (κ1) is 13.9. The van der Waals surface area contributed by atoms with Crippen LogP contribution in [0.5, 0.6) is 0 Å². The third kappa shape index (κ3) is 5.58. The second-order valence-corrected chi connectivity index (χ2v) is 4.13. The first-order chi connectivity index (χ1) is 6.58. The standard InChI is InChI=1S/C11H26N2O/c1-5-11(14,6-2)10-13(4)9-7-8-12-3/h12,14H,5-10H2,1-4H3. The van der Waals surface area contributed by atoms with Gasteiger partial charge in [0.05, 0.1) is 5.60 Å². The fraction of sp³-hybridized carbons (Fsp3) is 1.00. The highest BCUT2D eigenvalue weighted by Crippen LogP contribution is 2.15. The van der Waals surface area contributed by atoms with Crippen molar-refractivity contribution < 1.29 is 5.11 Å². The molecule has 0 saturated heterocycles. The van der Waals surface area contributed by atoms with Gasteiger partial charge in [-0.05, 0) is 46.4 Å². The van der Waals surface area contributed by atoms with Crippen LogP contribution in [0.3, 0.4) is 0 Å². The van der Waals surface area contributed by atoms with Crippen LogP contribution in [0.4, 0.5) is 0 Å². The van der Waals surface area contributed by atoms with Gasteiger partial charge in [0.15, 0.2) is 0 Å². The van der Waals surface area contributed by atoms with E-state index in [1.54, 1.807) is 0 Å². The van der Waals surface area contributed by atoms with Crippen molar-refractivity contribution in [3.8, 4) is 0 Å². The average molecular weight is 202 g/mol. The van der Waals surface area contributed by atoms with Gasteiger partial charge in [-0.3, -0.25) is 0 Å². The predicted octanol–water partition coefficient (Wildman–Crippen LogP) is 1.08. The molecular weight excluding hydrogens is 176 g/mol. The Kier molecular flexibility index (Phi) is 7.15. The van der Waals surface area contributed by atoms with Gasteiger partial charge in [-0.15, -0.1) is 0 Å². The van der Waals surface area contributed by atoms with Gasteiger partial charge in [0.2, 0.25) is 0 Å². The van der Waals surface area contributed by atoms with Crippen molar-refractivity contribution in [1.29, 1.82) is 0 Å². The van der Waals surface area contributed by atoms with E-state index < -0.39 is 5.60 Å². The average Bonchev–Trinajstić information content (AvgIpc) is 2.18. The number of aliphatic hydroxyl groups is 1. The molecule has 2 N–H and O–H groups in total. The summed E-state index contributed by atoms with van der Waals surface area (Å²) < 4.78 is 0. The molecule has 0 fully saturated rings. The summed E-state index contributed by atoms with van der Waals surface area (Å²) in [5, 5.41) is 13.2. The first-order valence-electron chi connectivity index (χ1n) is 5.63. The summed E-state index contributed by atoms with van der Waals surface area (Å²) in [6.07, 6.45) is 2.80. The molecule has 0 rings (SSSR count). The van der Waals surface area contributed by atoms with E-state index in [-0.39, 0.29) is 0 Å². The number of likely N-dealkylation sites (N-methyl/N-ethyl adjacent to an activating group) is 1. The molecule has 0 atom stereocenters. The van der Waals surface area contributed by atoms with Crippen LogP contribution in [0.1, 0.15) is 33.1 Å². The lowest BCUT2D eigenvalue weighted by Gasteiger charge is -2.30. The number of nitrogens with one attached hydrogen (secondary N) is 1. The Morgan fingerprint density at radius 3 is 2.29 bits per heavy atom. The van der Waals surface area contributed by atoms with Crippen LogP contribution in [-0.4, -0.2) is 49.3 Å².